The van der Waals surface area contributed by atoms with E-state index in [-0.39, 0.29) is 0 Å². The van der Waals surface area contributed by atoms with Crippen LogP contribution < -0.4 is 0 Å². The van der Waals surface area contributed by atoms with Gasteiger partial charge < -0.3 is 0 Å². The highest BCUT2D eigenvalue weighted by molar-refractivity contribution is 5.72. The van der Waals surface area contributed by atoms with Crippen LogP contribution >= 0.6 is 0 Å². The summed E-state index contributed by atoms with van der Waals surface area (Å²) < 4.78 is 0. The van der Waals surface area contributed by atoms with Gasteiger partial charge in [0.15, 0.2) is 0 Å². The van der Waals surface area contributed by atoms with Crippen LogP contribution in [-0.4, -0.2) is 4.98 Å². The predicted molar refractivity (Wildman–Crippen MR) is 73.9 cm³/mol. The minimum absolute atomic E-state index is 1.07. The summed E-state index contributed by atoms with van der Waals surface area (Å²) in [7, 11) is 0. The molecule has 0 aliphatic carbocycles. The lowest BCUT2D eigenvalue weighted by atomic mass is 10.0. The first-order valence-electron chi connectivity index (χ1n) is 5.91. The van der Waals surface area contributed by atoms with Gasteiger partial charge in [0, 0.05) is 18.0 Å². The van der Waals surface area contributed by atoms with Crippen LogP contribution in [0.3, 0.4) is 0 Å². The molecule has 1 heteroatoms. The molecule has 0 atom stereocenters. The van der Waals surface area contributed by atoms with E-state index in [1.165, 1.54) is 11.1 Å². The fraction of sp³-hybridized carbons (Fsp3) is 0. The van der Waals surface area contributed by atoms with Crippen LogP contribution in [0.1, 0.15) is 0 Å². The highest BCUT2D eigenvalue weighted by Gasteiger charge is 2.01. The number of benzene rings is 2. The fourth-order valence-electron chi connectivity index (χ4n) is 1.97. The summed E-state index contributed by atoms with van der Waals surface area (Å²) in [6.07, 6.45) is 3.64. The monoisotopic (exact) mass is 230 g/mol. The minimum atomic E-state index is 1.07. The van der Waals surface area contributed by atoms with Crippen molar-refractivity contribution in [2.45, 2.75) is 0 Å². The zero-order valence-corrected chi connectivity index (χ0v) is 9.88. The van der Waals surface area contributed by atoms with Gasteiger partial charge in [-0.25, -0.2) is 0 Å². The zero-order chi connectivity index (χ0) is 12.2. The molecule has 0 unspecified atom stereocenters. The molecule has 0 aliphatic rings. The average molecular weight is 230 g/mol. The molecule has 0 bridgehead atoms. The largest absolute Gasteiger partial charge is 0.264 e. The molecule has 3 rings (SSSR count). The molecular weight excluding hydrogens is 218 g/mol. The molecule has 1 radical (unpaired) electrons. The Kier molecular flexibility index (Phi) is 2.89. The second-order valence-electron chi connectivity index (χ2n) is 4.10. The topological polar surface area (TPSA) is 12.9 Å². The number of aromatic nitrogens is 1. The van der Waals surface area contributed by atoms with Crippen molar-refractivity contribution in [1.82, 2.24) is 4.98 Å². The Bertz CT molecular complexity index is 575. The summed E-state index contributed by atoms with van der Waals surface area (Å²) in [5, 5.41) is 0. The molecule has 85 valence electrons. The van der Waals surface area contributed by atoms with Gasteiger partial charge in [-0.15, -0.1) is 0 Å². The number of pyridine rings is 1. The SMILES string of the molecule is [c]1ccc(-c2ccccc2)cc1-c1cccnc1. The Morgan fingerprint density at radius 3 is 2.39 bits per heavy atom. The summed E-state index contributed by atoms with van der Waals surface area (Å²) in [5.41, 5.74) is 4.59. The quantitative estimate of drug-likeness (QED) is 0.642. The summed E-state index contributed by atoms with van der Waals surface area (Å²) in [5.74, 6) is 0. The highest BCUT2D eigenvalue weighted by atomic mass is 14.6. The normalized spacial score (nSPS) is 10.2. The molecule has 0 aliphatic heterocycles. The van der Waals surface area contributed by atoms with Crippen molar-refractivity contribution < 1.29 is 0 Å². The Morgan fingerprint density at radius 1 is 0.778 bits per heavy atom. The zero-order valence-electron chi connectivity index (χ0n) is 9.88. The van der Waals surface area contributed by atoms with E-state index >= 15 is 0 Å². The summed E-state index contributed by atoms with van der Waals surface area (Å²) in [4.78, 5) is 4.14. The molecule has 0 saturated carbocycles. The number of hydrogen-bond donors (Lipinski definition) is 0. The van der Waals surface area contributed by atoms with Gasteiger partial charge in [-0.05, 0) is 34.9 Å². The van der Waals surface area contributed by atoms with Gasteiger partial charge in [0.2, 0.25) is 0 Å². The first kappa shape index (κ1) is 10.7. The van der Waals surface area contributed by atoms with Crippen molar-refractivity contribution in [3.8, 4) is 22.3 Å². The van der Waals surface area contributed by atoms with Crippen LogP contribution in [-0.2, 0) is 0 Å². The van der Waals surface area contributed by atoms with E-state index in [2.05, 4.69) is 47.4 Å². The van der Waals surface area contributed by atoms with E-state index in [1.807, 2.05) is 30.5 Å². The third-order valence-corrected chi connectivity index (χ3v) is 2.88. The second-order valence-corrected chi connectivity index (χ2v) is 4.10. The number of hydrogen-bond acceptors (Lipinski definition) is 1. The molecule has 0 spiro atoms. The van der Waals surface area contributed by atoms with E-state index in [9.17, 15) is 0 Å². The lowest BCUT2D eigenvalue weighted by molar-refractivity contribution is 1.33. The smallest absolute Gasteiger partial charge is 0.0346 e. The van der Waals surface area contributed by atoms with Crippen molar-refractivity contribution in [2.24, 2.45) is 0 Å². The van der Waals surface area contributed by atoms with Gasteiger partial charge in [-0.3, -0.25) is 4.98 Å². The molecular formula is C17H12N. The van der Waals surface area contributed by atoms with E-state index in [0.717, 1.165) is 11.1 Å². The molecule has 0 saturated heterocycles. The number of rotatable bonds is 2. The molecule has 0 fully saturated rings. The maximum absolute atomic E-state index is 4.14. The van der Waals surface area contributed by atoms with Crippen molar-refractivity contribution in [2.75, 3.05) is 0 Å². The first-order valence-corrected chi connectivity index (χ1v) is 5.91. The van der Waals surface area contributed by atoms with E-state index in [1.54, 1.807) is 6.20 Å². The average Bonchev–Trinajstić information content (AvgIpc) is 2.49. The molecule has 1 heterocycles. The lowest BCUT2D eigenvalue weighted by Crippen LogP contribution is -1.82. The van der Waals surface area contributed by atoms with Crippen LogP contribution in [0.15, 0.2) is 73.1 Å². The molecule has 18 heavy (non-hydrogen) atoms. The fourth-order valence-corrected chi connectivity index (χ4v) is 1.97. The molecule has 0 amide bonds. The van der Waals surface area contributed by atoms with Gasteiger partial charge in [0.25, 0.3) is 0 Å². The number of nitrogens with zero attached hydrogens (tertiary/aromatic N) is 1. The summed E-state index contributed by atoms with van der Waals surface area (Å²) in [6, 6.07) is 23.8. The Hall–Kier alpha value is -2.41. The van der Waals surface area contributed by atoms with Crippen LogP contribution in [0.25, 0.3) is 22.3 Å². The molecule has 3 aromatic rings. The maximum atomic E-state index is 4.14. The Labute approximate surface area is 107 Å². The van der Waals surface area contributed by atoms with Crippen molar-refractivity contribution >= 4 is 0 Å². The maximum Gasteiger partial charge on any atom is 0.0346 e. The Balaban J connectivity index is 2.05. The van der Waals surface area contributed by atoms with Gasteiger partial charge in [0.05, 0.1) is 0 Å². The van der Waals surface area contributed by atoms with Gasteiger partial charge in [0.1, 0.15) is 0 Å². The molecule has 1 nitrogen and oxygen atoms in total. The second kappa shape index (κ2) is 4.84. The first-order chi connectivity index (χ1) is 8.93. The molecule has 0 N–H and O–H groups in total. The van der Waals surface area contributed by atoms with Crippen molar-refractivity contribution in [3.05, 3.63) is 79.1 Å². The van der Waals surface area contributed by atoms with E-state index < -0.39 is 0 Å². The van der Waals surface area contributed by atoms with E-state index in [4.69, 9.17) is 0 Å². The van der Waals surface area contributed by atoms with E-state index in [0.29, 0.717) is 0 Å². The Morgan fingerprint density at radius 2 is 1.61 bits per heavy atom. The van der Waals surface area contributed by atoms with Crippen molar-refractivity contribution in [3.63, 3.8) is 0 Å². The summed E-state index contributed by atoms with van der Waals surface area (Å²) >= 11 is 0. The van der Waals surface area contributed by atoms with Crippen LogP contribution in [0.5, 0.6) is 0 Å². The summed E-state index contributed by atoms with van der Waals surface area (Å²) in [6.45, 7) is 0. The van der Waals surface area contributed by atoms with Gasteiger partial charge in [-0.2, -0.15) is 0 Å². The van der Waals surface area contributed by atoms with Crippen LogP contribution in [0.4, 0.5) is 0 Å². The lowest BCUT2D eigenvalue weighted by Gasteiger charge is -2.05. The van der Waals surface area contributed by atoms with Crippen LogP contribution in [0, 0.1) is 6.07 Å². The van der Waals surface area contributed by atoms with Crippen molar-refractivity contribution in [1.29, 1.82) is 0 Å². The molecule has 1 aromatic heterocycles. The standard InChI is InChI=1S/C17H12N/c1-2-6-14(7-3-1)15-8-4-9-16(12-15)17-10-5-11-18-13-17/h1-8,10-13H. The van der Waals surface area contributed by atoms with Crippen LogP contribution in [0.2, 0.25) is 0 Å². The predicted octanol–water partition coefficient (Wildman–Crippen LogP) is 4.22. The van der Waals surface area contributed by atoms with Gasteiger partial charge >= 0.3 is 0 Å². The van der Waals surface area contributed by atoms with Gasteiger partial charge in [-0.1, -0.05) is 48.5 Å². The third kappa shape index (κ3) is 2.16. The molecule has 2 aromatic carbocycles. The third-order valence-electron chi connectivity index (χ3n) is 2.88. The minimum Gasteiger partial charge on any atom is -0.264 e. The highest BCUT2D eigenvalue weighted by Crippen LogP contribution is 2.25.